The SMILES string of the molecule is CCCCCCCCCCC(CCCCCC)COC(=O)CCCCCN(CCCCO)CCCCCCC(=O)OCC(CCCCCCCC)CCCCCCCC. The van der Waals surface area contributed by atoms with Crippen LogP contribution in [0, 0.1) is 11.8 Å². The molecule has 0 heterocycles. The summed E-state index contributed by atoms with van der Waals surface area (Å²) >= 11 is 0. The van der Waals surface area contributed by atoms with Crippen LogP contribution in [0.1, 0.15) is 278 Å². The fourth-order valence-electron chi connectivity index (χ4n) is 8.56. The van der Waals surface area contributed by atoms with Crippen molar-refractivity contribution in [3.8, 4) is 0 Å². The van der Waals surface area contributed by atoms with Crippen LogP contribution in [0.5, 0.6) is 0 Å². The lowest BCUT2D eigenvalue weighted by molar-refractivity contribution is -0.146. The van der Waals surface area contributed by atoms with Crippen molar-refractivity contribution >= 4 is 11.9 Å². The first-order chi connectivity index (χ1) is 29.0. The third kappa shape index (κ3) is 43.3. The molecule has 0 aliphatic heterocycles. The Morgan fingerprint density at radius 2 is 0.644 bits per heavy atom. The molecule has 0 aromatic rings. The molecule has 1 N–H and O–H groups in total. The Balaban J connectivity index is 4.39. The third-order valence-corrected chi connectivity index (χ3v) is 12.7. The van der Waals surface area contributed by atoms with Crippen LogP contribution < -0.4 is 0 Å². The third-order valence-electron chi connectivity index (χ3n) is 12.7. The average Bonchev–Trinajstić information content (AvgIpc) is 3.24. The Hall–Kier alpha value is -1.14. The lowest BCUT2D eigenvalue weighted by atomic mass is 9.94. The number of unbranched alkanes of at least 4 members (excludes halogenated alkanes) is 26. The summed E-state index contributed by atoms with van der Waals surface area (Å²) < 4.78 is 11.7. The van der Waals surface area contributed by atoms with Crippen molar-refractivity contribution < 1.29 is 24.2 Å². The predicted molar refractivity (Wildman–Crippen MR) is 255 cm³/mol. The normalized spacial score (nSPS) is 12.2. The average molecular weight is 836 g/mol. The molecule has 0 aliphatic rings. The summed E-state index contributed by atoms with van der Waals surface area (Å²) in [5.41, 5.74) is 0. The lowest BCUT2D eigenvalue weighted by Crippen LogP contribution is -2.27. The zero-order chi connectivity index (χ0) is 43.1. The van der Waals surface area contributed by atoms with Gasteiger partial charge in [-0.05, 0) is 95.7 Å². The number of carbonyl (C=O) groups excluding carboxylic acids is 2. The van der Waals surface area contributed by atoms with Gasteiger partial charge in [0.25, 0.3) is 0 Å². The maximum atomic E-state index is 12.7. The highest BCUT2D eigenvalue weighted by Crippen LogP contribution is 2.22. The van der Waals surface area contributed by atoms with E-state index < -0.39 is 0 Å². The first-order valence-corrected chi connectivity index (χ1v) is 26.6. The van der Waals surface area contributed by atoms with Gasteiger partial charge in [-0.1, -0.05) is 201 Å². The number of hydrogen-bond acceptors (Lipinski definition) is 6. The van der Waals surface area contributed by atoms with Gasteiger partial charge in [0.2, 0.25) is 0 Å². The molecule has 352 valence electrons. The highest BCUT2D eigenvalue weighted by atomic mass is 16.5. The number of aliphatic hydroxyl groups excluding tert-OH is 1. The molecular weight excluding hydrogens is 731 g/mol. The summed E-state index contributed by atoms with van der Waals surface area (Å²) in [7, 11) is 0. The van der Waals surface area contributed by atoms with E-state index in [0.29, 0.717) is 37.9 Å². The maximum absolute atomic E-state index is 12.7. The van der Waals surface area contributed by atoms with Crippen LogP contribution in [0.3, 0.4) is 0 Å². The summed E-state index contributed by atoms with van der Waals surface area (Å²) in [5, 5.41) is 9.35. The van der Waals surface area contributed by atoms with Crippen LogP contribution >= 0.6 is 0 Å². The Morgan fingerprint density at radius 1 is 0.373 bits per heavy atom. The monoisotopic (exact) mass is 836 g/mol. The van der Waals surface area contributed by atoms with Gasteiger partial charge in [0.1, 0.15) is 0 Å². The minimum atomic E-state index is -0.00989. The molecule has 0 amide bonds. The Bertz CT molecular complexity index is 836. The van der Waals surface area contributed by atoms with Crippen LogP contribution in [-0.4, -0.2) is 61.4 Å². The number of ether oxygens (including phenoxy) is 2. The standard InChI is InChI=1S/C53H105NO5/c1-5-9-13-17-20-21-24-31-41-50(38-28-16-12-8-4)48-59-53(57)43-33-27-35-45-54(46-36-37-47-55)44-34-26-25-32-42-52(56)58-49-51(39-29-22-18-14-10-6-2)40-30-23-19-15-11-7-3/h50-51,55H,5-49H2,1-4H3. The summed E-state index contributed by atoms with van der Waals surface area (Å²) in [6, 6.07) is 0. The van der Waals surface area contributed by atoms with Gasteiger partial charge in [0.15, 0.2) is 0 Å². The number of rotatable bonds is 49. The van der Waals surface area contributed by atoms with Crippen molar-refractivity contribution in [3.05, 3.63) is 0 Å². The summed E-state index contributed by atoms with van der Waals surface area (Å²) in [4.78, 5) is 27.9. The number of esters is 2. The molecule has 0 aromatic carbocycles. The molecule has 6 heteroatoms. The minimum absolute atomic E-state index is 0.00330. The van der Waals surface area contributed by atoms with Gasteiger partial charge in [-0.15, -0.1) is 0 Å². The molecule has 0 fully saturated rings. The zero-order valence-electron chi connectivity index (χ0n) is 40.5. The number of carbonyl (C=O) groups is 2. The molecule has 1 unspecified atom stereocenters. The van der Waals surface area contributed by atoms with E-state index in [2.05, 4.69) is 32.6 Å². The van der Waals surface area contributed by atoms with Crippen molar-refractivity contribution in [2.24, 2.45) is 11.8 Å². The van der Waals surface area contributed by atoms with Gasteiger partial charge >= 0.3 is 11.9 Å². The molecule has 1 atom stereocenters. The van der Waals surface area contributed by atoms with E-state index in [4.69, 9.17) is 9.47 Å². The van der Waals surface area contributed by atoms with Crippen LogP contribution in [0.4, 0.5) is 0 Å². The number of hydrogen-bond donors (Lipinski definition) is 1. The van der Waals surface area contributed by atoms with Crippen LogP contribution in [0.2, 0.25) is 0 Å². The summed E-state index contributed by atoms with van der Waals surface area (Å²) in [6.45, 7) is 13.7. The fraction of sp³-hybridized carbons (Fsp3) is 0.962. The van der Waals surface area contributed by atoms with Crippen molar-refractivity contribution in [1.82, 2.24) is 4.90 Å². The van der Waals surface area contributed by atoms with E-state index in [9.17, 15) is 14.7 Å². The highest BCUT2D eigenvalue weighted by Gasteiger charge is 2.14. The van der Waals surface area contributed by atoms with Crippen molar-refractivity contribution in [3.63, 3.8) is 0 Å². The maximum Gasteiger partial charge on any atom is 0.305 e. The Labute approximate surface area is 369 Å². The van der Waals surface area contributed by atoms with E-state index in [1.807, 2.05) is 0 Å². The molecule has 6 nitrogen and oxygen atoms in total. The topological polar surface area (TPSA) is 76.1 Å². The molecule has 0 radical (unpaired) electrons. The zero-order valence-corrected chi connectivity index (χ0v) is 40.5. The molecular formula is C53H105NO5. The van der Waals surface area contributed by atoms with Gasteiger partial charge in [-0.2, -0.15) is 0 Å². The van der Waals surface area contributed by atoms with E-state index in [1.165, 1.54) is 180 Å². The lowest BCUT2D eigenvalue weighted by Gasteiger charge is -2.22. The van der Waals surface area contributed by atoms with Crippen LogP contribution in [0.25, 0.3) is 0 Å². The molecule has 0 spiro atoms. The largest absolute Gasteiger partial charge is 0.465 e. The Morgan fingerprint density at radius 3 is 1.00 bits per heavy atom. The molecule has 0 rings (SSSR count). The first kappa shape index (κ1) is 57.9. The highest BCUT2D eigenvalue weighted by molar-refractivity contribution is 5.69. The van der Waals surface area contributed by atoms with E-state index in [1.54, 1.807) is 0 Å². The predicted octanol–water partition coefficient (Wildman–Crippen LogP) is 15.9. The van der Waals surface area contributed by atoms with Crippen molar-refractivity contribution in [1.29, 1.82) is 0 Å². The van der Waals surface area contributed by atoms with Gasteiger partial charge in [0, 0.05) is 19.4 Å². The number of nitrogens with zero attached hydrogens (tertiary/aromatic N) is 1. The molecule has 0 bridgehead atoms. The smallest absolute Gasteiger partial charge is 0.305 e. The van der Waals surface area contributed by atoms with Gasteiger partial charge in [-0.3, -0.25) is 9.59 Å². The Kier molecular flexibility index (Phi) is 47.0. The number of aliphatic hydroxyl groups is 1. The van der Waals surface area contributed by atoms with Gasteiger partial charge in [-0.25, -0.2) is 0 Å². The van der Waals surface area contributed by atoms with Crippen LogP contribution in [-0.2, 0) is 19.1 Å². The second-order valence-corrected chi connectivity index (χ2v) is 18.6. The second-order valence-electron chi connectivity index (χ2n) is 18.6. The fourth-order valence-corrected chi connectivity index (χ4v) is 8.56. The minimum Gasteiger partial charge on any atom is -0.465 e. The van der Waals surface area contributed by atoms with Crippen molar-refractivity contribution in [2.75, 3.05) is 39.5 Å². The molecule has 0 aromatic heterocycles. The van der Waals surface area contributed by atoms with Crippen molar-refractivity contribution in [2.45, 2.75) is 278 Å². The summed E-state index contributed by atoms with van der Waals surface area (Å²) in [6.07, 6.45) is 46.8. The second kappa shape index (κ2) is 47.9. The van der Waals surface area contributed by atoms with E-state index in [-0.39, 0.29) is 18.5 Å². The van der Waals surface area contributed by atoms with E-state index in [0.717, 1.165) is 77.4 Å². The molecule has 0 aliphatic carbocycles. The van der Waals surface area contributed by atoms with Gasteiger partial charge < -0.3 is 19.5 Å². The molecule has 59 heavy (non-hydrogen) atoms. The van der Waals surface area contributed by atoms with Crippen LogP contribution in [0.15, 0.2) is 0 Å². The molecule has 0 saturated carbocycles. The summed E-state index contributed by atoms with van der Waals surface area (Å²) in [5.74, 6) is 1.04. The quantitative estimate of drug-likeness (QED) is 0.0486. The molecule has 0 saturated heterocycles. The van der Waals surface area contributed by atoms with Gasteiger partial charge in [0.05, 0.1) is 13.2 Å². The van der Waals surface area contributed by atoms with E-state index >= 15 is 0 Å². The first-order valence-electron chi connectivity index (χ1n) is 26.6.